The van der Waals surface area contributed by atoms with E-state index >= 15 is 0 Å². The molecule has 0 bridgehead atoms. The maximum absolute atomic E-state index is 4.17. The molecule has 0 atom stereocenters. The summed E-state index contributed by atoms with van der Waals surface area (Å²) in [6.45, 7) is 0. The lowest BCUT2D eigenvalue weighted by Crippen LogP contribution is -1.79. The summed E-state index contributed by atoms with van der Waals surface area (Å²) in [7, 11) is 0. The summed E-state index contributed by atoms with van der Waals surface area (Å²) in [6.07, 6.45) is 1.48. The molecular weight excluding hydrogens is 206 g/mol. The van der Waals surface area contributed by atoms with Crippen LogP contribution in [0.1, 0.15) is 0 Å². The molecule has 0 saturated heterocycles. The van der Waals surface area contributed by atoms with E-state index in [1.807, 2.05) is 24.3 Å². The van der Waals surface area contributed by atoms with Crippen LogP contribution in [-0.2, 0) is 0 Å². The quantitative estimate of drug-likeness (QED) is 0.624. The molecule has 0 unspecified atom stereocenters. The molecule has 0 N–H and O–H groups in total. The second-order valence-corrected chi connectivity index (χ2v) is 4.16. The van der Waals surface area contributed by atoms with Crippen LogP contribution in [0.25, 0.3) is 20.8 Å². The van der Waals surface area contributed by atoms with Gasteiger partial charge in [-0.1, -0.05) is 30.3 Å². The molecule has 72 valence electrons. The van der Waals surface area contributed by atoms with Crippen LogP contribution in [0.2, 0.25) is 0 Å². The Kier molecular flexibility index (Phi) is 1.93. The van der Waals surface area contributed by atoms with Crippen LogP contribution in [-0.4, -0.2) is 15.2 Å². The van der Waals surface area contributed by atoms with Gasteiger partial charge < -0.3 is 0 Å². The number of hydrogen-bond donors (Lipinski definition) is 0. The first-order valence-electron chi connectivity index (χ1n) is 4.56. The molecule has 15 heavy (non-hydrogen) atoms. The fraction of sp³-hybridized carbons (Fsp3) is 0. The number of nitrogens with zero attached hydrogens (tertiary/aromatic N) is 3. The minimum absolute atomic E-state index is 0.862. The summed E-state index contributed by atoms with van der Waals surface area (Å²) < 4.78 is 0. The zero-order valence-corrected chi connectivity index (χ0v) is 8.61. The molecule has 0 aliphatic carbocycles. The van der Waals surface area contributed by atoms with Gasteiger partial charge in [-0.3, -0.25) is 0 Å². The van der Waals surface area contributed by atoms with Gasteiger partial charge in [0.15, 0.2) is 0 Å². The molecule has 2 aromatic heterocycles. The van der Waals surface area contributed by atoms with E-state index in [-0.39, 0.29) is 0 Å². The van der Waals surface area contributed by atoms with Gasteiger partial charge in [0.2, 0.25) is 0 Å². The Morgan fingerprint density at radius 3 is 2.73 bits per heavy atom. The third-order valence-corrected chi connectivity index (χ3v) is 3.23. The molecule has 0 amide bonds. The Balaban J connectivity index is 2.21. The topological polar surface area (TPSA) is 38.7 Å². The Labute approximate surface area is 90.4 Å². The first-order chi connectivity index (χ1) is 7.43. The standard InChI is InChI=1S/C11H7N3S/c1-2-4-8(5-3-1)10-6-9-11(15-10)12-7-13-14-9/h1-7H. The molecule has 1 aromatic carbocycles. The predicted molar refractivity (Wildman–Crippen MR) is 60.6 cm³/mol. The molecule has 0 saturated carbocycles. The number of aromatic nitrogens is 3. The fourth-order valence-electron chi connectivity index (χ4n) is 1.45. The van der Waals surface area contributed by atoms with Crippen molar-refractivity contribution < 1.29 is 0 Å². The number of benzene rings is 1. The number of rotatable bonds is 1. The summed E-state index contributed by atoms with van der Waals surface area (Å²) in [5.41, 5.74) is 2.06. The van der Waals surface area contributed by atoms with Gasteiger partial charge in [-0.2, -0.15) is 0 Å². The van der Waals surface area contributed by atoms with Crippen molar-refractivity contribution in [1.82, 2.24) is 15.2 Å². The molecule has 3 nitrogen and oxygen atoms in total. The van der Waals surface area contributed by atoms with Crippen molar-refractivity contribution in [3.05, 3.63) is 42.7 Å². The fourth-order valence-corrected chi connectivity index (χ4v) is 2.38. The minimum atomic E-state index is 0.862. The van der Waals surface area contributed by atoms with Gasteiger partial charge in [-0.15, -0.1) is 21.5 Å². The molecule has 2 heterocycles. The van der Waals surface area contributed by atoms with Crippen molar-refractivity contribution in [2.75, 3.05) is 0 Å². The Morgan fingerprint density at radius 1 is 1.07 bits per heavy atom. The van der Waals surface area contributed by atoms with Gasteiger partial charge in [-0.25, -0.2) is 4.98 Å². The lowest BCUT2D eigenvalue weighted by molar-refractivity contribution is 1.03. The third kappa shape index (κ3) is 1.49. The van der Waals surface area contributed by atoms with Crippen LogP contribution >= 0.6 is 11.3 Å². The van der Waals surface area contributed by atoms with E-state index in [0.29, 0.717) is 0 Å². The van der Waals surface area contributed by atoms with Crippen molar-refractivity contribution in [3.8, 4) is 10.4 Å². The number of hydrogen-bond acceptors (Lipinski definition) is 4. The van der Waals surface area contributed by atoms with Crippen LogP contribution in [0.4, 0.5) is 0 Å². The highest BCUT2D eigenvalue weighted by Crippen LogP contribution is 2.30. The average Bonchev–Trinajstić information content (AvgIpc) is 2.74. The Bertz CT molecular complexity index is 556. The van der Waals surface area contributed by atoms with Crippen molar-refractivity contribution in [2.45, 2.75) is 0 Å². The van der Waals surface area contributed by atoms with Gasteiger partial charge in [0.25, 0.3) is 0 Å². The van der Waals surface area contributed by atoms with Crippen molar-refractivity contribution in [3.63, 3.8) is 0 Å². The van der Waals surface area contributed by atoms with E-state index in [4.69, 9.17) is 0 Å². The average molecular weight is 213 g/mol. The van der Waals surface area contributed by atoms with Gasteiger partial charge in [0.05, 0.1) is 0 Å². The van der Waals surface area contributed by atoms with E-state index < -0.39 is 0 Å². The van der Waals surface area contributed by atoms with Crippen LogP contribution in [0, 0.1) is 0 Å². The number of fused-ring (bicyclic) bond motifs is 1. The summed E-state index contributed by atoms with van der Waals surface area (Å²) in [5.74, 6) is 0. The molecule has 0 fully saturated rings. The highest BCUT2D eigenvalue weighted by molar-refractivity contribution is 7.21. The highest BCUT2D eigenvalue weighted by atomic mass is 32.1. The molecule has 0 aliphatic rings. The third-order valence-electron chi connectivity index (χ3n) is 2.14. The first-order valence-corrected chi connectivity index (χ1v) is 5.38. The van der Waals surface area contributed by atoms with E-state index in [1.165, 1.54) is 16.8 Å². The van der Waals surface area contributed by atoms with Crippen LogP contribution < -0.4 is 0 Å². The van der Waals surface area contributed by atoms with E-state index in [0.717, 1.165) is 10.3 Å². The summed E-state index contributed by atoms with van der Waals surface area (Å²) >= 11 is 1.64. The Hall–Kier alpha value is -1.81. The Morgan fingerprint density at radius 2 is 1.93 bits per heavy atom. The van der Waals surface area contributed by atoms with Gasteiger partial charge in [-0.05, 0) is 11.6 Å². The van der Waals surface area contributed by atoms with Crippen LogP contribution in [0.15, 0.2) is 42.7 Å². The van der Waals surface area contributed by atoms with Crippen molar-refractivity contribution >= 4 is 21.7 Å². The largest absolute Gasteiger partial charge is 0.222 e. The molecular formula is C11H7N3S. The lowest BCUT2D eigenvalue weighted by atomic mass is 10.2. The van der Waals surface area contributed by atoms with Gasteiger partial charge in [0, 0.05) is 4.88 Å². The monoisotopic (exact) mass is 213 g/mol. The van der Waals surface area contributed by atoms with Crippen molar-refractivity contribution in [2.24, 2.45) is 0 Å². The van der Waals surface area contributed by atoms with E-state index in [9.17, 15) is 0 Å². The predicted octanol–water partition coefficient (Wildman–Crippen LogP) is 2.75. The van der Waals surface area contributed by atoms with E-state index in [1.54, 1.807) is 11.3 Å². The first kappa shape index (κ1) is 8.49. The molecule has 4 heteroatoms. The zero-order valence-electron chi connectivity index (χ0n) is 7.79. The van der Waals surface area contributed by atoms with E-state index in [2.05, 4.69) is 27.3 Å². The summed E-state index contributed by atoms with van der Waals surface area (Å²) in [4.78, 5) is 6.29. The minimum Gasteiger partial charge on any atom is -0.222 e. The van der Waals surface area contributed by atoms with Gasteiger partial charge in [0.1, 0.15) is 16.7 Å². The summed E-state index contributed by atoms with van der Waals surface area (Å²) in [6, 6.07) is 12.2. The lowest BCUT2D eigenvalue weighted by Gasteiger charge is -1.93. The zero-order chi connectivity index (χ0) is 10.1. The normalized spacial score (nSPS) is 10.7. The van der Waals surface area contributed by atoms with Crippen LogP contribution in [0.3, 0.4) is 0 Å². The van der Waals surface area contributed by atoms with Crippen molar-refractivity contribution in [1.29, 1.82) is 0 Å². The second-order valence-electron chi connectivity index (χ2n) is 3.13. The molecule has 0 aliphatic heterocycles. The molecule has 0 radical (unpaired) electrons. The summed E-state index contributed by atoms with van der Waals surface area (Å²) in [5, 5.41) is 7.79. The van der Waals surface area contributed by atoms with Gasteiger partial charge >= 0.3 is 0 Å². The molecule has 3 rings (SSSR count). The second kappa shape index (κ2) is 3.40. The smallest absolute Gasteiger partial charge is 0.146 e. The maximum Gasteiger partial charge on any atom is 0.146 e. The SMILES string of the molecule is c1ccc(-c2cc3nncnc3s2)cc1. The maximum atomic E-state index is 4.17. The highest BCUT2D eigenvalue weighted by Gasteiger charge is 2.04. The van der Waals surface area contributed by atoms with Crippen LogP contribution in [0.5, 0.6) is 0 Å². The molecule has 3 aromatic rings. The number of thiophene rings is 1. The molecule has 0 spiro atoms.